The summed E-state index contributed by atoms with van der Waals surface area (Å²) in [5, 5.41) is 4.01. The lowest BCUT2D eigenvalue weighted by molar-refractivity contribution is 0.102. The van der Waals surface area contributed by atoms with E-state index in [0.29, 0.717) is 55.9 Å². The molecule has 0 spiro atoms. The lowest BCUT2D eigenvalue weighted by Crippen LogP contribution is -2.14. The summed E-state index contributed by atoms with van der Waals surface area (Å²) in [5.41, 5.74) is 2.96. The first-order chi connectivity index (χ1) is 16.5. The minimum Gasteiger partial charge on any atom is -0.495 e. The van der Waals surface area contributed by atoms with Crippen molar-refractivity contribution in [3.63, 3.8) is 0 Å². The highest BCUT2D eigenvalue weighted by atomic mass is 35.5. The first-order valence-corrected chi connectivity index (χ1v) is 10.7. The number of para-hydroxylation sites is 1. The van der Waals surface area contributed by atoms with Crippen LogP contribution >= 0.6 is 11.6 Å². The Bertz CT molecular complexity index is 1370. The molecule has 4 aromatic rings. The molecule has 0 saturated heterocycles. The lowest BCUT2D eigenvalue weighted by atomic mass is 10.0. The summed E-state index contributed by atoms with van der Waals surface area (Å²) >= 11 is 6.20. The Labute approximate surface area is 202 Å². The number of hydrogen-bond donors (Lipinski definition) is 1. The van der Waals surface area contributed by atoms with Gasteiger partial charge in [0, 0.05) is 23.1 Å². The third kappa shape index (κ3) is 4.43. The fraction of sp³-hybridized carbons (Fsp3) is 0.154. The second kappa shape index (κ2) is 9.89. The zero-order valence-corrected chi connectivity index (χ0v) is 19.9. The van der Waals surface area contributed by atoms with Crippen LogP contribution in [0.2, 0.25) is 5.02 Å². The number of anilines is 1. The second-order valence-electron chi connectivity index (χ2n) is 7.28. The van der Waals surface area contributed by atoms with Gasteiger partial charge in [-0.15, -0.1) is 0 Å². The number of pyridine rings is 1. The largest absolute Gasteiger partial charge is 0.495 e. The van der Waals surface area contributed by atoms with Gasteiger partial charge >= 0.3 is 0 Å². The third-order valence-corrected chi connectivity index (χ3v) is 5.66. The Morgan fingerprint density at radius 3 is 2.21 bits per heavy atom. The number of aromatic nitrogens is 1. The highest BCUT2D eigenvalue weighted by molar-refractivity contribution is 6.32. The molecule has 0 fully saturated rings. The summed E-state index contributed by atoms with van der Waals surface area (Å²) in [4.78, 5) is 18.2. The smallest absolute Gasteiger partial charge is 0.256 e. The number of benzene rings is 3. The van der Waals surface area contributed by atoms with E-state index in [0.717, 1.165) is 5.56 Å². The van der Waals surface area contributed by atoms with Gasteiger partial charge in [-0.2, -0.15) is 0 Å². The van der Waals surface area contributed by atoms with Crippen molar-refractivity contribution in [3.05, 3.63) is 71.2 Å². The summed E-state index contributed by atoms with van der Waals surface area (Å²) in [5.74, 6) is 1.68. The molecule has 174 valence electrons. The maximum absolute atomic E-state index is 13.5. The van der Waals surface area contributed by atoms with Gasteiger partial charge in [0.25, 0.3) is 5.91 Å². The molecule has 0 unspecified atom stereocenters. The Morgan fingerprint density at radius 1 is 0.794 bits per heavy atom. The minimum atomic E-state index is -0.331. The standard InChI is InChI=1S/C26H23ClN2O5/c1-31-22-10-9-15(11-25(22)34-4)20-12-17(16-7-5-6-8-19(16)28-20)26(30)29-21-14-23(32-2)18(27)13-24(21)33-3/h5-14H,1-4H3,(H,29,30). The SMILES string of the molecule is COc1cc(NC(=O)c2cc(-c3ccc(OC)c(OC)c3)nc3ccccc23)c(OC)cc1Cl. The van der Waals surface area contributed by atoms with Crippen LogP contribution in [0.25, 0.3) is 22.2 Å². The molecule has 0 saturated carbocycles. The molecule has 0 aliphatic rings. The summed E-state index contributed by atoms with van der Waals surface area (Å²) in [6, 6.07) is 17.9. The molecule has 1 aromatic heterocycles. The number of rotatable bonds is 7. The molecule has 1 heterocycles. The van der Waals surface area contributed by atoms with Crippen LogP contribution in [0.3, 0.4) is 0 Å². The van der Waals surface area contributed by atoms with E-state index >= 15 is 0 Å². The molecule has 1 amide bonds. The zero-order valence-electron chi connectivity index (χ0n) is 19.1. The topological polar surface area (TPSA) is 78.9 Å². The first-order valence-electron chi connectivity index (χ1n) is 10.3. The van der Waals surface area contributed by atoms with Gasteiger partial charge in [-0.3, -0.25) is 4.79 Å². The van der Waals surface area contributed by atoms with Crippen molar-refractivity contribution in [3.8, 4) is 34.3 Å². The first kappa shape index (κ1) is 23.2. The second-order valence-corrected chi connectivity index (χ2v) is 7.69. The molecule has 0 aliphatic carbocycles. The number of halogens is 1. The number of nitrogens with one attached hydrogen (secondary N) is 1. The summed E-state index contributed by atoms with van der Waals surface area (Å²) in [7, 11) is 6.16. The van der Waals surface area contributed by atoms with Crippen LogP contribution in [-0.4, -0.2) is 39.3 Å². The molecule has 4 rings (SSSR count). The fourth-order valence-corrected chi connectivity index (χ4v) is 3.89. The van der Waals surface area contributed by atoms with Crippen LogP contribution in [0, 0.1) is 0 Å². The van der Waals surface area contributed by atoms with Gasteiger partial charge in [0.2, 0.25) is 0 Å². The molecule has 8 heteroatoms. The van der Waals surface area contributed by atoms with Crippen LogP contribution in [0.4, 0.5) is 5.69 Å². The van der Waals surface area contributed by atoms with Gasteiger partial charge in [-0.05, 0) is 30.3 Å². The molecule has 34 heavy (non-hydrogen) atoms. The average molecular weight is 479 g/mol. The Kier molecular flexibility index (Phi) is 6.75. The maximum Gasteiger partial charge on any atom is 0.256 e. The molecule has 0 aliphatic heterocycles. The van der Waals surface area contributed by atoms with Crippen LogP contribution < -0.4 is 24.3 Å². The van der Waals surface area contributed by atoms with Crippen LogP contribution in [0.15, 0.2) is 60.7 Å². The van der Waals surface area contributed by atoms with Crippen molar-refractivity contribution in [2.45, 2.75) is 0 Å². The van der Waals surface area contributed by atoms with E-state index in [2.05, 4.69) is 5.32 Å². The van der Waals surface area contributed by atoms with Gasteiger partial charge < -0.3 is 24.3 Å². The van der Waals surface area contributed by atoms with Crippen LogP contribution in [0.1, 0.15) is 10.4 Å². The zero-order chi connectivity index (χ0) is 24.2. The Morgan fingerprint density at radius 2 is 1.50 bits per heavy atom. The van der Waals surface area contributed by atoms with Crippen molar-refractivity contribution in [1.29, 1.82) is 0 Å². The molecule has 0 bridgehead atoms. The van der Waals surface area contributed by atoms with E-state index in [1.54, 1.807) is 38.5 Å². The van der Waals surface area contributed by atoms with Crippen molar-refractivity contribution in [2.75, 3.05) is 33.8 Å². The van der Waals surface area contributed by atoms with Gasteiger partial charge in [-0.1, -0.05) is 29.8 Å². The number of fused-ring (bicyclic) bond motifs is 1. The monoisotopic (exact) mass is 478 g/mol. The number of hydrogen-bond acceptors (Lipinski definition) is 6. The molecule has 1 N–H and O–H groups in total. The van der Waals surface area contributed by atoms with Crippen molar-refractivity contribution >= 4 is 34.1 Å². The molecule has 0 radical (unpaired) electrons. The number of carbonyl (C=O) groups is 1. The summed E-state index contributed by atoms with van der Waals surface area (Å²) in [6.45, 7) is 0. The van der Waals surface area contributed by atoms with E-state index < -0.39 is 0 Å². The quantitative estimate of drug-likeness (QED) is 0.359. The maximum atomic E-state index is 13.5. The van der Waals surface area contributed by atoms with E-state index in [1.807, 2.05) is 36.4 Å². The molecule has 7 nitrogen and oxygen atoms in total. The van der Waals surface area contributed by atoms with Gasteiger partial charge in [0.05, 0.1) is 55.9 Å². The number of carbonyl (C=O) groups excluding carboxylic acids is 1. The predicted octanol–water partition coefficient (Wildman–Crippen LogP) is 5.84. The van der Waals surface area contributed by atoms with Gasteiger partial charge in [-0.25, -0.2) is 4.98 Å². The summed E-state index contributed by atoms with van der Waals surface area (Å²) in [6.07, 6.45) is 0. The summed E-state index contributed by atoms with van der Waals surface area (Å²) < 4.78 is 21.5. The Balaban J connectivity index is 1.81. The Hall–Kier alpha value is -3.97. The van der Waals surface area contributed by atoms with E-state index in [-0.39, 0.29) is 5.91 Å². The van der Waals surface area contributed by atoms with Gasteiger partial charge in [0.15, 0.2) is 11.5 Å². The highest BCUT2D eigenvalue weighted by Gasteiger charge is 2.18. The van der Waals surface area contributed by atoms with Crippen LogP contribution in [0.5, 0.6) is 23.0 Å². The predicted molar refractivity (Wildman–Crippen MR) is 133 cm³/mol. The van der Waals surface area contributed by atoms with Crippen molar-refractivity contribution in [1.82, 2.24) is 4.98 Å². The lowest BCUT2D eigenvalue weighted by Gasteiger charge is -2.15. The number of ether oxygens (including phenoxy) is 4. The van der Waals surface area contributed by atoms with Crippen molar-refractivity contribution < 1.29 is 23.7 Å². The molecular weight excluding hydrogens is 456 g/mol. The molecule has 0 atom stereocenters. The van der Waals surface area contributed by atoms with E-state index in [1.165, 1.54) is 14.2 Å². The average Bonchev–Trinajstić information content (AvgIpc) is 2.88. The van der Waals surface area contributed by atoms with Gasteiger partial charge in [0.1, 0.15) is 11.5 Å². The third-order valence-electron chi connectivity index (χ3n) is 5.36. The van der Waals surface area contributed by atoms with Crippen molar-refractivity contribution in [2.24, 2.45) is 0 Å². The number of methoxy groups -OCH3 is 4. The normalized spacial score (nSPS) is 10.6. The number of nitrogens with zero attached hydrogens (tertiary/aromatic N) is 1. The molecule has 3 aromatic carbocycles. The number of amides is 1. The van der Waals surface area contributed by atoms with E-state index in [4.69, 9.17) is 35.5 Å². The highest BCUT2D eigenvalue weighted by Crippen LogP contribution is 2.37. The molecular formula is C26H23ClN2O5. The minimum absolute atomic E-state index is 0.331. The van der Waals surface area contributed by atoms with E-state index in [9.17, 15) is 4.79 Å². The van der Waals surface area contributed by atoms with Crippen LogP contribution in [-0.2, 0) is 0 Å². The fourth-order valence-electron chi connectivity index (χ4n) is 3.65.